The Kier molecular flexibility index (Phi) is 8.11. The molecule has 0 spiro atoms. The minimum Gasteiger partial charge on any atom is -0.465 e. The largest absolute Gasteiger partial charge is 0.465 e. The molecule has 0 heterocycles. The normalized spacial score (nSPS) is 9.50. The average Bonchev–Trinajstić information content (AvgIpc) is 2.15. The first-order valence-corrected chi connectivity index (χ1v) is 5.14. The van der Waals surface area contributed by atoms with E-state index >= 15 is 0 Å². The van der Waals surface area contributed by atoms with Gasteiger partial charge in [0.15, 0.2) is 0 Å². The maximum atomic E-state index is 10.7. The number of carbonyl (C=O) groups is 2. The molecule has 5 nitrogen and oxygen atoms in total. The summed E-state index contributed by atoms with van der Waals surface area (Å²) in [6.45, 7) is 1.10. The number of hydrogen-bond acceptors (Lipinski definition) is 3. The van der Waals surface area contributed by atoms with Crippen LogP contribution < -0.4 is 10.6 Å². The first-order chi connectivity index (χ1) is 6.66. The predicted octanol–water partition coefficient (Wildman–Crippen LogP) is 0.470. The molecule has 0 saturated heterocycles. The Morgan fingerprint density at radius 1 is 1.07 bits per heavy atom. The van der Waals surface area contributed by atoms with Gasteiger partial charge in [-0.1, -0.05) is 0 Å². The van der Waals surface area contributed by atoms with Crippen LogP contribution in [-0.2, 0) is 4.79 Å². The van der Waals surface area contributed by atoms with Crippen molar-refractivity contribution < 1.29 is 14.7 Å². The zero-order valence-electron chi connectivity index (χ0n) is 7.95. The zero-order valence-corrected chi connectivity index (χ0v) is 8.85. The first-order valence-electron chi connectivity index (χ1n) is 4.51. The van der Waals surface area contributed by atoms with Crippen LogP contribution in [0.1, 0.15) is 19.3 Å². The topological polar surface area (TPSA) is 78.4 Å². The van der Waals surface area contributed by atoms with Gasteiger partial charge in [0.1, 0.15) is 0 Å². The van der Waals surface area contributed by atoms with Crippen LogP contribution in [0.25, 0.3) is 0 Å². The summed E-state index contributed by atoms with van der Waals surface area (Å²) in [7, 11) is 0. The van der Waals surface area contributed by atoms with Crippen LogP contribution in [0.3, 0.4) is 0 Å². The van der Waals surface area contributed by atoms with Gasteiger partial charge in [0.05, 0.1) is 5.75 Å². The van der Waals surface area contributed by atoms with Crippen LogP contribution in [0.2, 0.25) is 0 Å². The number of carboxylic acid groups (broad SMARTS) is 1. The number of unbranched alkanes of at least 4 members (excludes halogenated alkanes) is 2. The maximum Gasteiger partial charge on any atom is 0.404 e. The number of carbonyl (C=O) groups excluding carboxylic acids is 1. The van der Waals surface area contributed by atoms with E-state index in [1.807, 2.05) is 0 Å². The lowest BCUT2D eigenvalue weighted by atomic mass is 10.2. The Morgan fingerprint density at radius 3 is 2.14 bits per heavy atom. The molecule has 0 aliphatic rings. The molecule has 3 N–H and O–H groups in total. The maximum absolute atomic E-state index is 10.7. The summed E-state index contributed by atoms with van der Waals surface area (Å²) in [4.78, 5) is 20.8. The van der Waals surface area contributed by atoms with Crippen molar-refractivity contribution in [3.05, 3.63) is 0 Å². The molecule has 82 valence electrons. The molecule has 0 fully saturated rings. The second-order valence-corrected chi connectivity index (χ2v) is 3.12. The van der Waals surface area contributed by atoms with Crippen LogP contribution in [0.5, 0.6) is 0 Å². The molecule has 14 heavy (non-hydrogen) atoms. The molecule has 0 unspecified atom stereocenters. The molecule has 0 aliphatic heterocycles. The summed E-state index contributed by atoms with van der Waals surface area (Å²) in [5, 5.41) is 13.2. The summed E-state index contributed by atoms with van der Waals surface area (Å²) >= 11 is 3.81. The van der Waals surface area contributed by atoms with E-state index in [9.17, 15) is 9.59 Å². The first kappa shape index (κ1) is 13.1. The third-order valence-corrected chi connectivity index (χ3v) is 1.88. The van der Waals surface area contributed by atoms with Crippen molar-refractivity contribution in [2.75, 3.05) is 18.8 Å². The van der Waals surface area contributed by atoms with Crippen LogP contribution in [0, 0.1) is 0 Å². The van der Waals surface area contributed by atoms with Gasteiger partial charge in [0, 0.05) is 13.1 Å². The summed E-state index contributed by atoms with van der Waals surface area (Å²) in [5.74, 6) is 0.137. The third kappa shape index (κ3) is 9.18. The van der Waals surface area contributed by atoms with Crippen LogP contribution in [0.4, 0.5) is 4.79 Å². The number of nitrogens with one attached hydrogen (secondary N) is 2. The molecular weight excluding hydrogens is 204 g/mol. The van der Waals surface area contributed by atoms with E-state index in [0.717, 1.165) is 19.3 Å². The molecule has 0 saturated carbocycles. The fourth-order valence-corrected chi connectivity index (χ4v) is 1.02. The highest BCUT2D eigenvalue weighted by atomic mass is 32.1. The van der Waals surface area contributed by atoms with Gasteiger partial charge in [-0.3, -0.25) is 4.79 Å². The molecule has 0 aromatic rings. The molecule has 6 heteroatoms. The lowest BCUT2D eigenvalue weighted by Gasteiger charge is -2.03. The van der Waals surface area contributed by atoms with Crippen LogP contribution in [-0.4, -0.2) is 35.9 Å². The van der Waals surface area contributed by atoms with Crippen molar-refractivity contribution in [3.63, 3.8) is 0 Å². The van der Waals surface area contributed by atoms with Gasteiger partial charge in [-0.15, -0.1) is 0 Å². The quantitative estimate of drug-likeness (QED) is 0.372. The third-order valence-electron chi connectivity index (χ3n) is 1.60. The summed E-state index contributed by atoms with van der Waals surface area (Å²) in [6, 6.07) is 0. The minimum atomic E-state index is -0.992. The van der Waals surface area contributed by atoms with E-state index in [2.05, 4.69) is 23.3 Å². The molecular formula is C8H16N2O3S. The summed E-state index contributed by atoms with van der Waals surface area (Å²) in [5.41, 5.74) is 0. The highest BCUT2D eigenvalue weighted by Gasteiger charge is 1.96. The Bertz CT molecular complexity index is 187. The fraction of sp³-hybridized carbons (Fsp3) is 0.750. The Hall–Kier alpha value is -0.910. The van der Waals surface area contributed by atoms with Gasteiger partial charge in [-0.2, -0.15) is 12.6 Å². The van der Waals surface area contributed by atoms with Crippen molar-refractivity contribution in [3.8, 4) is 0 Å². The van der Waals surface area contributed by atoms with Crippen molar-refractivity contribution in [1.29, 1.82) is 0 Å². The van der Waals surface area contributed by atoms with E-state index in [-0.39, 0.29) is 11.7 Å². The van der Waals surface area contributed by atoms with Crippen molar-refractivity contribution in [2.24, 2.45) is 0 Å². The second-order valence-electron chi connectivity index (χ2n) is 2.80. The summed E-state index contributed by atoms with van der Waals surface area (Å²) < 4.78 is 0. The van der Waals surface area contributed by atoms with Gasteiger partial charge < -0.3 is 15.7 Å². The average molecular weight is 220 g/mol. The number of thiol groups is 1. The number of hydrogen-bond donors (Lipinski definition) is 4. The van der Waals surface area contributed by atoms with Gasteiger partial charge in [0.25, 0.3) is 0 Å². The molecule has 2 amide bonds. The van der Waals surface area contributed by atoms with Gasteiger partial charge in [0.2, 0.25) is 5.91 Å². The van der Waals surface area contributed by atoms with Crippen molar-refractivity contribution in [1.82, 2.24) is 10.6 Å². The highest BCUT2D eigenvalue weighted by molar-refractivity contribution is 7.81. The molecule has 0 aromatic heterocycles. The van der Waals surface area contributed by atoms with Crippen molar-refractivity contribution >= 4 is 24.6 Å². The Balaban J connectivity index is 3.06. The van der Waals surface area contributed by atoms with E-state index < -0.39 is 6.09 Å². The van der Waals surface area contributed by atoms with Crippen LogP contribution in [0.15, 0.2) is 0 Å². The highest BCUT2D eigenvalue weighted by Crippen LogP contribution is 1.92. The lowest BCUT2D eigenvalue weighted by Crippen LogP contribution is -2.25. The fourth-order valence-electron chi connectivity index (χ4n) is 0.906. The molecule has 0 atom stereocenters. The Morgan fingerprint density at radius 2 is 1.64 bits per heavy atom. The second kappa shape index (κ2) is 8.68. The van der Waals surface area contributed by atoms with E-state index in [1.54, 1.807) is 0 Å². The smallest absolute Gasteiger partial charge is 0.404 e. The van der Waals surface area contributed by atoms with Crippen LogP contribution >= 0.6 is 12.6 Å². The number of rotatable bonds is 7. The van der Waals surface area contributed by atoms with Gasteiger partial charge in [-0.25, -0.2) is 4.79 Å². The van der Waals surface area contributed by atoms with E-state index in [0.29, 0.717) is 13.1 Å². The molecule has 0 rings (SSSR count). The zero-order chi connectivity index (χ0) is 10.8. The molecule has 0 bridgehead atoms. The SMILES string of the molecule is O=C(O)NCCCCCNC(=O)CS. The van der Waals surface area contributed by atoms with Gasteiger partial charge >= 0.3 is 6.09 Å². The predicted molar refractivity (Wildman–Crippen MR) is 56.7 cm³/mol. The minimum absolute atomic E-state index is 0.0722. The standard InChI is InChI=1S/C8H16N2O3S/c11-7(6-14)9-4-2-1-3-5-10-8(12)13/h10,14H,1-6H2,(H,9,11)(H,12,13). The van der Waals surface area contributed by atoms with E-state index in [4.69, 9.17) is 5.11 Å². The number of amides is 2. The van der Waals surface area contributed by atoms with Crippen molar-refractivity contribution in [2.45, 2.75) is 19.3 Å². The summed E-state index contributed by atoms with van der Waals surface area (Å²) in [6.07, 6.45) is 1.56. The Labute approximate surface area is 88.7 Å². The van der Waals surface area contributed by atoms with E-state index in [1.165, 1.54) is 0 Å². The molecule has 0 aliphatic carbocycles. The monoisotopic (exact) mass is 220 g/mol. The van der Waals surface area contributed by atoms with Gasteiger partial charge in [-0.05, 0) is 19.3 Å². The molecule has 0 aromatic carbocycles. The molecule has 0 radical (unpaired) electrons. The lowest BCUT2D eigenvalue weighted by molar-refractivity contribution is -0.118.